The molecule has 0 fully saturated rings. The topological polar surface area (TPSA) is 93.3 Å². The van der Waals surface area contributed by atoms with Gasteiger partial charge in [-0.3, -0.25) is 9.59 Å². The van der Waals surface area contributed by atoms with Crippen molar-refractivity contribution in [1.82, 2.24) is 9.97 Å². The summed E-state index contributed by atoms with van der Waals surface area (Å²) in [5.74, 6) is 1.42. The molecule has 3 aromatic rings. The Bertz CT molecular complexity index is 1210. The monoisotopic (exact) mass is 465 g/mol. The van der Waals surface area contributed by atoms with Crippen molar-refractivity contribution in [1.29, 1.82) is 0 Å². The van der Waals surface area contributed by atoms with Gasteiger partial charge in [0, 0.05) is 23.7 Å². The summed E-state index contributed by atoms with van der Waals surface area (Å²) in [6.45, 7) is 4.56. The summed E-state index contributed by atoms with van der Waals surface area (Å²) in [5.41, 5.74) is 3.23. The van der Waals surface area contributed by atoms with Crippen LogP contribution in [-0.4, -0.2) is 29.6 Å². The number of nitrogens with one attached hydrogen (secondary N) is 2. The highest BCUT2D eigenvalue weighted by Crippen LogP contribution is 2.42. The standard InChI is InChI=1S/C25H27N3O4S/c1-4-12-32-22-17(6-5-7-19(22)31-3)18-13-20(29)26-23-21(18)24(30)28-25(27-23)33-14-16-10-8-15(2)9-11-16/h5-11,18H,4,12-14H2,1-3H3,(H2,26,27,28,29,30)/t18-/m0/s1. The molecule has 0 saturated carbocycles. The second kappa shape index (κ2) is 10.1. The fraction of sp³-hybridized carbons (Fsp3) is 0.320. The van der Waals surface area contributed by atoms with Gasteiger partial charge in [0.25, 0.3) is 5.56 Å². The van der Waals surface area contributed by atoms with E-state index in [0.717, 1.165) is 17.5 Å². The molecular weight excluding hydrogens is 438 g/mol. The lowest BCUT2D eigenvalue weighted by Crippen LogP contribution is -2.31. The highest BCUT2D eigenvalue weighted by molar-refractivity contribution is 7.98. The Labute approximate surface area is 196 Å². The highest BCUT2D eigenvalue weighted by Gasteiger charge is 2.33. The largest absolute Gasteiger partial charge is 0.493 e. The number of H-pyrrole nitrogens is 1. The molecule has 2 N–H and O–H groups in total. The summed E-state index contributed by atoms with van der Waals surface area (Å²) in [6, 6.07) is 13.7. The smallest absolute Gasteiger partial charge is 0.257 e. The fourth-order valence-electron chi connectivity index (χ4n) is 3.85. The van der Waals surface area contributed by atoms with Crippen LogP contribution in [0, 0.1) is 6.92 Å². The zero-order valence-electron chi connectivity index (χ0n) is 18.9. The summed E-state index contributed by atoms with van der Waals surface area (Å²) >= 11 is 1.42. The van der Waals surface area contributed by atoms with Crippen LogP contribution in [-0.2, 0) is 10.5 Å². The van der Waals surface area contributed by atoms with Gasteiger partial charge in [0.1, 0.15) is 5.82 Å². The normalized spacial score (nSPS) is 15.0. The number of carbonyl (C=O) groups excluding carboxylic acids is 1. The van der Waals surface area contributed by atoms with Crippen LogP contribution in [0.2, 0.25) is 0 Å². The molecule has 0 bridgehead atoms. The minimum atomic E-state index is -0.483. The molecule has 7 nitrogen and oxygen atoms in total. The van der Waals surface area contributed by atoms with Crippen molar-refractivity contribution in [3.05, 3.63) is 75.1 Å². The molecule has 4 rings (SSSR count). The molecule has 0 spiro atoms. The number of methoxy groups -OCH3 is 1. The quantitative estimate of drug-likeness (QED) is 0.372. The molecule has 1 atom stereocenters. The number of carbonyl (C=O) groups is 1. The van der Waals surface area contributed by atoms with Crippen LogP contribution in [0.25, 0.3) is 0 Å². The van der Waals surface area contributed by atoms with Crippen LogP contribution in [0.4, 0.5) is 5.82 Å². The zero-order valence-corrected chi connectivity index (χ0v) is 19.8. The summed E-state index contributed by atoms with van der Waals surface area (Å²) in [5, 5.41) is 3.25. The lowest BCUT2D eigenvalue weighted by Gasteiger charge is -2.26. The van der Waals surface area contributed by atoms with E-state index in [0.29, 0.717) is 40.4 Å². The Morgan fingerprint density at radius 3 is 2.67 bits per heavy atom. The van der Waals surface area contributed by atoms with Gasteiger partial charge in [-0.15, -0.1) is 0 Å². The van der Waals surface area contributed by atoms with Gasteiger partial charge in [-0.25, -0.2) is 4.98 Å². The fourth-order valence-corrected chi connectivity index (χ4v) is 4.66. The SMILES string of the molecule is CCCOc1c(OC)cccc1[C@@H]1CC(=O)Nc2nc(SCc3ccc(C)cc3)[nH]c(=O)c21. The van der Waals surface area contributed by atoms with Crippen LogP contribution in [0.5, 0.6) is 11.5 Å². The first-order valence-electron chi connectivity index (χ1n) is 10.9. The molecule has 1 aromatic heterocycles. The van der Waals surface area contributed by atoms with Crippen molar-refractivity contribution in [2.24, 2.45) is 0 Å². The number of anilines is 1. The van der Waals surface area contributed by atoms with Crippen molar-refractivity contribution >= 4 is 23.5 Å². The third-order valence-corrected chi connectivity index (χ3v) is 6.43. The van der Waals surface area contributed by atoms with Crippen molar-refractivity contribution < 1.29 is 14.3 Å². The van der Waals surface area contributed by atoms with Gasteiger partial charge < -0.3 is 19.8 Å². The number of aryl methyl sites for hydroxylation is 1. The minimum Gasteiger partial charge on any atom is -0.493 e. The van der Waals surface area contributed by atoms with E-state index >= 15 is 0 Å². The second-order valence-corrected chi connectivity index (χ2v) is 8.90. The minimum absolute atomic E-state index is 0.128. The number of fused-ring (bicyclic) bond motifs is 1. The first kappa shape index (κ1) is 22.9. The molecule has 1 amide bonds. The predicted molar refractivity (Wildman–Crippen MR) is 129 cm³/mol. The molecule has 2 aromatic carbocycles. The second-order valence-electron chi connectivity index (χ2n) is 7.94. The molecule has 8 heteroatoms. The van der Waals surface area contributed by atoms with Crippen LogP contribution < -0.4 is 20.3 Å². The number of aromatic nitrogens is 2. The number of ether oxygens (including phenoxy) is 2. The van der Waals surface area contributed by atoms with Crippen molar-refractivity contribution in [3.8, 4) is 11.5 Å². The maximum absolute atomic E-state index is 13.2. The van der Waals surface area contributed by atoms with Gasteiger partial charge in [-0.05, 0) is 25.0 Å². The van der Waals surface area contributed by atoms with Gasteiger partial charge in [-0.1, -0.05) is 60.6 Å². The van der Waals surface area contributed by atoms with E-state index in [1.54, 1.807) is 7.11 Å². The lowest BCUT2D eigenvalue weighted by molar-refractivity contribution is -0.116. The first-order valence-corrected chi connectivity index (χ1v) is 11.9. The Hall–Kier alpha value is -3.26. The molecule has 172 valence electrons. The third kappa shape index (κ3) is 5.06. The molecule has 0 saturated heterocycles. The van der Waals surface area contributed by atoms with Crippen LogP contribution in [0.1, 0.15) is 47.9 Å². The molecule has 1 aliphatic heterocycles. The zero-order chi connectivity index (χ0) is 23.4. The number of rotatable bonds is 8. The number of nitrogens with zero attached hydrogens (tertiary/aromatic N) is 1. The lowest BCUT2D eigenvalue weighted by atomic mass is 9.86. The van der Waals surface area contributed by atoms with E-state index in [1.165, 1.54) is 17.3 Å². The molecule has 33 heavy (non-hydrogen) atoms. The number of hydrogen-bond donors (Lipinski definition) is 2. The van der Waals surface area contributed by atoms with Crippen LogP contribution in [0.3, 0.4) is 0 Å². The molecular formula is C25H27N3O4S. The maximum Gasteiger partial charge on any atom is 0.257 e. The van der Waals surface area contributed by atoms with Crippen molar-refractivity contribution in [2.45, 2.75) is 43.5 Å². The van der Waals surface area contributed by atoms with E-state index in [2.05, 4.69) is 39.6 Å². The van der Waals surface area contributed by atoms with E-state index in [4.69, 9.17) is 9.47 Å². The molecule has 0 aliphatic carbocycles. The van der Waals surface area contributed by atoms with Crippen LogP contribution in [0.15, 0.2) is 52.4 Å². The summed E-state index contributed by atoms with van der Waals surface area (Å²) in [4.78, 5) is 33.2. The van der Waals surface area contributed by atoms with E-state index in [9.17, 15) is 9.59 Å². The summed E-state index contributed by atoms with van der Waals surface area (Å²) in [6.07, 6.45) is 0.951. The third-order valence-electron chi connectivity index (χ3n) is 5.48. The Morgan fingerprint density at radius 2 is 1.94 bits per heavy atom. The average molecular weight is 466 g/mol. The maximum atomic E-state index is 13.2. The Morgan fingerprint density at radius 1 is 1.15 bits per heavy atom. The van der Waals surface area contributed by atoms with Crippen LogP contribution >= 0.6 is 11.8 Å². The molecule has 2 heterocycles. The van der Waals surface area contributed by atoms with Crippen molar-refractivity contribution in [3.63, 3.8) is 0 Å². The Kier molecular flexibility index (Phi) is 7.03. The number of aromatic amines is 1. The first-order chi connectivity index (χ1) is 16.0. The van der Waals surface area contributed by atoms with Gasteiger partial charge >= 0.3 is 0 Å². The summed E-state index contributed by atoms with van der Waals surface area (Å²) in [7, 11) is 1.57. The predicted octanol–water partition coefficient (Wildman–Crippen LogP) is 4.64. The average Bonchev–Trinajstić information content (AvgIpc) is 2.81. The number of thioether (sulfide) groups is 1. The number of amides is 1. The summed E-state index contributed by atoms with van der Waals surface area (Å²) < 4.78 is 11.5. The highest BCUT2D eigenvalue weighted by atomic mass is 32.2. The van der Waals surface area contributed by atoms with E-state index in [-0.39, 0.29) is 17.9 Å². The Balaban J connectivity index is 1.69. The molecule has 1 aliphatic rings. The molecule has 0 unspecified atom stereocenters. The molecule has 0 radical (unpaired) electrons. The number of hydrogen-bond acceptors (Lipinski definition) is 6. The number of para-hydroxylation sites is 1. The van der Waals surface area contributed by atoms with Gasteiger partial charge in [-0.2, -0.15) is 0 Å². The number of benzene rings is 2. The van der Waals surface area contributed by atoms with E-state index < -0.39 is 5.92 Å². The van der Waals surface area contributed by atoms with Crippen molar-refractivity contribution in [2.75, 3.05) is 19.0 Å². The van der Waals surface area contributed by atoms with Gasteiger partial charge in [0.15, 0.2) is 16.7 Å². The van der Waals surface area contributed by atoms with E-state index in [1.807, 2.05) is 32.0 Å². The van der Waals surface area contributed by atoms with Gasteiger partial charge in [0.2, 0.25) is 5.91 Å². The van der Waals surface area contributed by atoms with Gasteiger partial charge in [0.05, 0.1) is 19.3 Å².